The molecule has 4 rings (SSSR count). The molecule has 0 fully saturated rings. The molecule has 0 radical (unpaired) electrons. The lowest BCUT2D eigenvalue weighted by molar-refractivity contribution is -0.113. The molecule has 1 N–H and O–H groups in total. The lowest BCUT2D eigenvalue weighted by Crippen LogP contribution is -2.14. The summed E-state index contributed by atoms with van der Waals surface area (Å²) < 4.78 is 0. The Morgan fingerprint density at radius 2 is 1.71 bits per heavy atom. The van der Waals surface area contributed by atoms with E-state index < -0.39 is 0 Å². The van der Waals surface area contributed by atoms with E-state index in [2.05, 4.69) is 15.5 Å². The SMILES string of the molecule is Cc1cc2nn(-c3ccccc3)nc2cc1NC(=O)CSc1ccc(Cl)cc1. The first-order chi connectivity index (χ1) is 13.6. The van der Waals surface area contributed by atoms with Crippen LogP contribution in [0.3, 0.4) is 0 Å². The first-order valence-electron chi connectivity index (χ1n) is 8.70. The normalized spacial score (nSPS) is 10.9. The molecule has 0 aliphatic heterocycles. The summed E-state index contributed by atoms with van der Waals surface area (Å²) in [5, 5.41) is 12.7. The van der Waals surface area contributed by atoms with Crippen molar-refractivity contribution < 1.29 is 4.79 Å². The molecular weight excluding hydrogens is 392 g/mol. The van der Waals surface area contributed by atoms with E-state index >= 15 is 0 Å². The number of carbonyl (C=O) groups is 1. The molecule has 0 bridgehead atoms. The van der Waals surface area contributed by atoms with Crippen molar-refractivity contribution in [3.05, 3.63) is 77.3 Å². The molecule has 1 heterocycles. The molecule has 0 atom stereocenters. The summed E-state index contributed by atoms with van der Waals surface area (Å²) in [5.74, 6) is 0.244. The van der Waals surface area contributed by atoms with Gasteiger partial charge in [-0.1, -0.05) is 29.8 Å². The number of carbonyl (C=O) groups excluding carboxylic acids is 1. The van der Waals surface area contributed by atoms with E-state index in [0.29, 0.717) is 10.8 Å². The van der Waals surface area contributed by atoms with Crippen LogP contribution < -0.4 is 5.32 Å². The minimum absolute atomic E-state index is 0.0714. The fraction of sp³-hybridized carbons (Fsp3) is 0.0952. The van der Waals surface area contributed by atoms with Crippen molar-refractivity contribution in [3.63, 3.8) is 0 Å². The number of aromatic nitrogens is 3. The van der Waals surface area contributed by atoms with Gasteiger partial charge in [0.25, 0.3) is 0 Å². The summed E-state index contributed by atoms with van der Waals surface area (Å²) in [6, 6.07) is 21.0. The van der Waals surface area contributed by atoms with Crippen LogP contribution in [0.2, 0.25) is 5.02 Å². The highest BCUT2D eigenvalue weighted by molar-refractivity contribution is 8.00. The van der Waals surface area contributed by atoms with Crippen molar-refractivity contribution in [2.45, 2.75) is 11.8 Å². The van der Waals surface area contributed by atoms with Crippen molar-refractivity contribution in [3.8, 4) is 5.69 Å². The Morgan fingerprint density at radius 1 is 1.04 bits per heavy atom. The second kappa shape index (κ2) is 8.04. The maximum Gasteiger partial charge on any atom is 0.234 e. The lowest BCUT2D eigenvalue weighted by atomic mass is 10.2. The molecule has 0 unspecified atom stereocenters. The number of nitrogens with zero attached hydrogens (tertiary/aromatic N) is 3. The Balaban J connectivity index is 1.49. The fourth-order valence-corrected chi connectivity index (χ4v) is 3.57. The fourth-order valence-electron chi connectivity index (χ4n) is 2.75. The highest BCUT2D eigenvalue weighted by Gasteiger charge is 2.11. The van der Waals surface area contributed by atoms with E-state index in [1.807, 2.05) is 73.7 Å². The second-order valence-corrected chi connectivity index (χ2v) is 7.76. The van der Waals surface area contributed by atoms with Crippen molar-refractivity contribution in [2.24, 2.45) is 0 Å². The molecule has 7 heteroatoms. The van der Waals surface area contributed by atoms with Gasteiger partial charge in [0.05, 0.1) is 11.4 Å². The zero-order valence-electron chi connectivity index (χ0n) is 15.1. The molecular formula is C21H17ClN4OS. The van der Waals surface area contributed by atoms with Gasteiger partial charge in [0.15, 0.2) is 0 Å². The Labute approximate surface area is 171 Å². The highest BCUT2D eigenvalue weighted by Crippen LogP contribution is 2.24. The van der Waals surface area contributed by atoms with E-state index in [4.69, 9.17) is 11.6 Å². The largest absolute Gasteiger partial charge is 0.325 e. The smallest absolute Gasteiger partial charge is 0.234 e. The van der Waals surface area contributed by atoms with Gasteiger partial charge in [0.2, 0.25) is 5.91 Å². The average molecular weight is 409 g/mol. The summed E-state index contributed by atoms with van der Waals surface area (Å²) in [6.45, 7) is 1.95. The number of aryl methyl sites for hydroxylation is 1. The van der Waals surface area contributed by atoms with E-state index in [9.17, 15) is 4.79 Å². The second-order valence-electron chi connectivity index (χ2n) is 6.27. The average Bonchev–Trinajstić information content (AvgIpc) is 3.11. The number of halogens is 1. The van der Waals surface area contributed by atoms with Crippen LogP contribution in [-0.2, 0) is 4.79 Å². The summed E-state index contributed by atoms with van der Waals surface area (Å²) in [7, 11) is 0. The minimum Gasteiger partial charge on any atom is -0.325 e. The van der Waals surface area contributed by atoms with Crippen LogP contribution in [0.5, 0.6) is 0 Å². The number of rotatable bonds is 5. The molecule has 5 nitrogen and oxygen atoms in total. The zero-order chi connectivity index (χ0) is 19.5. The summed E-state index contributed by atoms with van der Waals surface area (Å²) in [4.78, 5) is 15.0. The number of thioether (sulfide) groups is 1. The highest BCUT2D eigenvalue weighted by atomic mass is 35.5. The Morgan fingerprint density at radius 3 is 2.43 bits per heavy atom. The van der Waals surface area contributed by atoms with Crippen molar-refractivity contribution in [2.75, 3.05) is 11.1 Å². The first kappa shape index (κ1) is 18.5. The van der Waals surface area contributed by atoms with E-state index in [1.165, 1.54) is 11.8 Å². The predicted molar refractivity (Wildman–Crippen MR) is 114 cm³/mol. The van der Waals surface area contributed by atoms with Crippen molar-refractivity contribution in [1.82, 2.24) is 15.0 Å². The molecule has 0 aliphatic rings. The van der Waals surface area contributed by atoms with E-state index in [0.717, 1.165) is 32.9 Å². The number of nitrogens with one attached hydrogen (secondary N) is 1. The van der Waals surface area contributed by atoms with E-state index in [1.54, 1.807) is 4.80 Å². The monoisotopic (exact) mass is 408 g/mol. The first-order valence-corrected chi connectivity index (χ1v) is 10.1. The molecule has 140 valence electrons. The van der Waals surface area contributed by atoms with Gasteiger partial charge in [-0.25, -0.2) is 0 Å². The topological polar surface area (TPSA) is 59.8 Å². The number of para-hydroxylation sites is 1. The molecule has 0 saturated carbocycles. The number of benzene rings is 3. The number of hydrogen-bond donors (Lipinski definition) is 1. The van der Waals surface area contributed by atoms with Crippen LogP contribution in [-0.4, -0.2) is 26.7 Å². The number of fused-ring (bicyclic) bond motifs is 1. The van der Waals surface area contributed by atoms with Crippen LogP contribution in [0.4, 0.5) is 5.69 Å². The van der Waals surface area contributed by atoms with E-state index in [-0.39, 0.29) is 5.91 Å². The van der Waals surface area contributed by atoms with Crippen LogP contribution >= 0.6 is 23.4 Å². The molecule has 3 aromatic carbocycles. The number of hydrogen-bond acceptors (Lipinski definition) is 4. The quantitative estimate of drug-likeness (QED) is 0.466. The molecule has 1 aromatic heterocycles. The molecule has 28 heavy (non-hydrogen) atoms. The summed E-state index contributed by atoms with van der Waals surface area (Å²) >= 11 is 7.35. The molecule has 0 spiro atoms. The third kappa shape index (κ3) is 4.18. The summed E-state index contributed by atoms with van der Waals surface area (Å²) in [6.07, 6.45) is 0. The van der Waals surface area contributed by atoms with Gasteiger partial charge in [-0.05, 0) is 61.0 Å². The van der Waals surface area contributed by atoms with Crippen LogP contribution in [0.25, 0.3) is 16.7 Å². The van der Waals surface area contributed by atoms with Crippen LogP contribution in [0, 0.1) is 6.92 Å². The van der Waals surface area contributed by atoms with Crippen molar-refractivity contribution >= 4 is 46.0 Å². The number of amides is 1. The maximum atomic E-state index is 12.4. The lowest BCUT2D eigenvalue weighted by Gasteiger charge is -2.08. The molecule has 1 amide bonds. The minimum atomic E-state index is -0.0714. The van der Waals surface area contributed by atoms with Crippen molar-refractivity contribution in [1.29, 1.82) is 0 Å². The van der Waals surface area contributed by atoms with Gasteiger partial charge in [0.1, 0.15) is 11.0 Å². The van der Waals surface area contributed by atoms with Gasteiger partial charge in [0, 0.05) is 15.6 Å². The van der Waals surface area contributed by atoms with Gasteiger partial charge >= 0.3 is 0 Å². The predicted octanol–water partition coefficient (Wildman–Crippen LogP) is 5.11. The molecule has 0 aliphatic carbocycles. The molecule has 4 aromatic rings. The zero-order valence-corrected chi connectivity index (χ0v) is 16.7. The Kier molecular flexibility index (Phi) is 5.32. The maximum absolute atomic E-state index is 12.4. The third-order valence-electron chi connectivity index (χ3n) is 4.17. The number of anilines is 1. The van der Waals surface area contributed by atoms with Gasteiger partial charge in [-0.2, -0.15) is 4.80 Å². The van der Waals surface area contributed by atoms with Crippen LogP contribution in [0.1, 0.15) is 5.56 Å². The third-order valence-corrected chi connectivity index (χ3v) is 5.44. The van der Waals surface area contributed by atoms with Crippen LogP contribution in [0.15, 0.2) is 71.6 Å². The van der Waals surface area contributed by atoms with Gasteiger partial charge in [-0.15, -0.1) is 22.0 Å². The standard InChI is InChI=1S/C21H17ClN4OS/c1-14-11-19-20(25-26(24-19)16-5-3-2-4-6-16)12-18(14)23-21(27)13-28-17-9-7-15(22)8-10-17/h2-12H,13H2,1H3,(H,23,27). The molecule has 0 saturated heterocycles. The van der Waals surface area contributed by atoms with Gasteiger partial charge in [-0.3, -0.25) is 4.79 Å². The summed E-state index contributed by atoms with van der Waals surface area (Å²) in [5.41, 5.74) is 4.10. The van der Waals surface area contributed by atoms with Gasteiger partial charge < -0.3 is 5.32 Å². The Hall–Kier alpha value is -2.83. The Bertz CT molecular complexity index is 1130.